The van der Waals surface area contributed by atoms with Crippen molar-refractivity contribution in [1.82, 2.24) is 5.32 Å². The Morgan fingerprint density at radius 1 is 1.31 bits per heavy atom. The van der Waals surface area contributed by atoms with Gasteiger partial charge in [-0.15, -0.1) is 0 Å². The second-order valence-corrected chi connectivity index (χ2v) is 7.21. The van der Waals surface area contributed by atoms with Crippen molar-refractivity contribution in [3.8, 4) is 0 Å². The maximum Gasteiger partial charge on any atom is 0.364 e. The summed E-state index contributed by atoms with van der Waals surface area (Å²) < 4.78 is 21.1. The first kappa shape index (κ1) is 24.7. The highest BCUT2D eigenvalue weighted by molar-refractivity contribution is 7.09. The molecule has 2 rings (SSSR count). The van der Waals surface area contributed by atoms with Crippen molar-refractivity contribution in [2.45, 2.75) is 67.3 Å². The van der Waals surface area contributed by atoms with E-state index in [1.807, 2.05) is 9.47 Å². The lowest BCUT2D eigenvalue weighted by Gasteiger charge is -2.46. The SMILES string of the molecule is CN[C@@H]1[C@@H](O)[C@H](OP)[C@@H](CO[C@]2(C(=O)O)C[C@@H](O)[C@@H](O)[C@@H]([C@H](O)CO)O2)O[C@H]1O. The van der Waals surface area contributed by atoms with Crippen LogP contribution in [0.25, 0.3) is 0 Å². The van der Waals surface area contributed by atoms with Crippen LogP contribution in [0.15, 0.2) is 0 Å². The van der Waals surface area contributed by atoms with E-state index in [2.05, 4.69) is 5.32 Å². The minimum absolute atomic E-state index is 0.555. The van der Waals surface area contributed by atoms with Gasteiger partial charge in [0.15, 0.2) is 6.29 Å². The molecule has 0 aromatic rings. The third kappa shape index (κ3) is 5.03. The van der Waals surface area contributed by atoms with Gasteiger partial charge in [-0.2, -0.15) is 0 Å². The molecule has 11 atom stereocenters. The normalized spacial score (nSPS) is 44.4. The number of hydrogen-bond acceptors (Lipinski definition) is 12. The molecule has 0 aliphatic carbocycles. The van der Waals surface area contributed by atoms with Crippen LogP contribution < -0.4 is 5.32 Å². The van der Waals surface area contributed by atoms with E-state index in [-0.39, 0.29) is 0 Å². The van der Waals surface area contributed by atoms with Crippen molar-refractivity contribution < 1.29 is 59.3 Å². The van der Waals surface area contributed by atoms with Gasteiger partial charge in [0.05, 0.1) is 25.4 Å². The van der Waals surface area contributed by atoms with Crippen LogP contribution in [0, 0.1) is 0 Å². The van der Waals surface area contributed by atoms with E-state index < -0.39 is 86.5 Å². The number of carbonyl (C=O) groups is 1. The smallest absolute Gasteiger partial charge is 0.364 e. The van der Waals surface area contributed by atoms with Gasteiger partial charge < -0.3 is 59.8 Å². The Hall–Kier alpha value is -0.540. The van der Waals surface area contributed by atoms with E-state index in [4.69, 9.17) is 23.8 Å². The number of hydrogen-bond donors (Lipinski definition) is 8. The van der Waals surface area contributed by atoms with Crippen molar-refractivity contribution in [2.24, 2.45) is 0 Å². The van der Waals surface area contributed by atoms with Crippen LogP contribution in [0.4, 0.5) is 0 Å². The predicted octanol–water partition coefficient (Wildman–Crippen LogP) is -4.51. The number of aliphatic hydroxyl groups excluding tert-OH is 6. The zero-order valence-electron chi connectivity index (χ0n) is 15.6. The quantitative estimate of drug-likeness (QED) is 0.166. The Balaban J connectivity index is 2.19. The van der Waals surface area contributed by atoms with E-state index in [0.29, 0.717) is 0 Å². The van der Waals surface area contributed by atoms with Gasteiger partial charge in [0.1, 0.15) is 36.6 Å². The topological polar surface area (TPSA) is 208 Å². The lowest BCUT2D eigenvalue weighted by atomic mass is 9.92. The molecule has 1 unspecified atom stereocenters. The standard InChI is InChI=1S/C15H28NO12P/c1-16-8-10(21)12(28-29)7(26-13(8)22)4-25-15(14(23)24)2-5(18)9(20)11(27-15)6(19)3-17/h5-13,16-22H,2-4,29H2,1H3,(H,23,24)/t5-,6-,7-,8-,9-,10-,11-,12-,13-,15-/m1/s1. The number of rotatable bonds is 8. The molecule has 0 spiro atoms. The fraction of sp³-hybridized carbons (Fsp3) is 0.933. The largest absolute Gasteiger partial charge is 0.477 e. The average Bonchev–Trinajstić information content (AvgIpc) is 2.68. The van der Waals surface area contributed by atoms with Crippen LogP contribution in [-0.4, -0.2) is 123 Å². The van der Waals surface area contributed by atoms with Crippen molar-refractivity contribution in [2.75, 3.05) is 20.3 Å². The van der Waals surface area contributed by atoms with Crippen LogP contribution in [0.1, 0.15) is 6.42 Å². The van der Waals surface area contributed by atoms with Crippen LogP contribution in [0.2, 0.25) is 0 Å². The molecule has 0 amide bonds. The first-order chi connectivity index (χ1) is 13.6. The molecule has 0 bridgehead atoms. The highest BCUT2D eigenvalue weighted by atomic mass is 31.0. The summed E-state index contributed by atoms with van der Waals surface area (Å²) >= 11 is 0. The highest BCUT2D eigenvalue weighted by Crippen LogP contribution is 2.34. The van der Waals surface area contributed by atoms with Gasteiger partial charge in [0.2, 0.25) is 0 Å². The molecular weight excluding hydrogens is 417 g/mol. The molecule has 2 saturated heterocycles. The Kier molecular flexibility index (Phi) is 8.68. The molecule has 2 aliphatic rings. The lowest BCUT2D eigenvalue weighted by Crippen LogP contribution is -2.65. The van der Waals surface area contributed by atoms with Crippen LogP contribution in [-0.2, 0) is 23.5 Å². The number of likely N-dealkylation sites (N-methyl/N-ethyl adjacent to an activating group) is 1. The average molecular weight is 445 g/mol. The predicted molar refractivity (Wildman–Crippen MR) is 95.2 cm³/mol. The molecule has 13 nitrogen and oxygen atoms in total. The van der Waals surface area contributed by atoms with Crippen molar-refractivity contribution >= 4 is 15.4 Å². The van der Waals surface area contributed by atoms with Gasteiger partial charge in [-0.3, -0.25) is 0 Å². The lowest BCUT2D eigenvalue weighted by molar-refractivity contribution is -0.336. The van der Waals surface area contributed by atoms with Crippen molar-refractivity contribution in [3.63, 3.8) is 0 Å². The summed E-state index contributed by atoms with van der Waals surface area (Å²) in [4.78, 5) is 11.9. The Labute approximate surface area is 168 Å². The van der Waals surface area contributed by atoms with E-state index in [1.54, 1.807) is 0 Å². The van der Waals surface area contributed by atoms with E-state index >= 15 is 0 Å². The molecule has 0 saturated carbocycles. The number of carboxylic acids is 1. The second kappa shape index (κ2) is 10.2. The van der Waals surface area contributed by atoms with Gasteiger partial charge >= 0.3 is 5.97 Å². The maximum atomic E-state index is 11.9. The summed E-state index contributed by atoms with van der Waals surface area (Å²) in [5.74, 6) is -4.16. The molecule has 170 valence electrons. The zero-order valence-corrected chi connectivity index (χ0v) is 16.7. The fourth-order valence-corrected chi connectivity index (χ4v) is 3.76. The zero-order chi connectivity index (χ0) is 21.9. The van der Waals surface area contributed by atoms with Gasteiger partial charge in [-0.05, 0) is 7.05 Å². The molecule has 14 heteroatoms. The van der Waals surface area contributed by atoms with E-state index in [0.717, 1.165) is 0 Å². The van der Waals surface area contributed by atoms with Crippen LogP contribution in [0.3, 0.4) is 0 Å². The molecule has 0 aromatic heterocycles. The fourth-order valence-electron chi connectivity index (χ4n) is 3.42. The molecular formula is C15H28NO12P. The molecule has 2 aliphatic heterocycles. The summed E-state index contributed by atoms with van der Waals surface area (Å²) in [6.07, 6.45) is -12.2. The Morgan fingerprint density at radius 3 is 2.48 bits per heavy atom. The van der Waals surface area contributed by atoms with Crippen LogP contribution >= 0.6 is 9.47 Å². The molecule has 0 radical (unpaired) electrons. The molecule has 2 heterocycles. The van der Waals surface area contributed by atoms with E-state index in [1.165, 1.54) is 7.05 Å². The second-order valence-electron chi connectivity index (χ2n) is 6.93. The first-order valence-corrected chi connectivity index (χ1v) is 9.33. The maximum absolute atomic E-state index is 11.9. The number of nitrogens with one attached hydrogen (secondary N) is 1. The summed E-state index contributed by atoms with van der Waals surface area (Å²) in [6.45, 7) is -1.41. The van der Waals surface area contributed by atoms with Gasteiger partial charge in [0.25, 0.3) is 5.79 Å². The number of aliphatic carboxylic acids is 1. The molecule has 8 N–H and O–H groups in total. The minimum Gasteiger partial charge on any atom is -0.477 e. The van der Waals surface area contributed by atoms with Gasteiger partial charge in [-0.1, -0.05) is 0 Å². The Bertz CT molecular complexity index is 557. The first-order valence-electron chi connectivity index (χ1n) is 8.86. The molecule has 2 fully saturated rings. The highest BCUT2D eigenvalue weighted by Gasteiger charge is 2.55. The van der Waals surface area contributed by atoms with Crippen LogP contribution in [0.5, 0.6) is 0 Å². The monoisotopic (exact) mass is 445 g/mol. The molecule has 0 aromatic carbocycles. The van der Waals surface area contributed by atoms with Crippen molar-refractivity contribution in [3.05, 3.63) is 0 Å². The third-order valence-electron chi connectivity index (χ3n) is 5.09. The summed E-state index contributed by atoms with van der Waals surface area (Å²) in [5, 5.41) is 71.5. The number of ether oxygens (including phenoxy) is 3. The molecule has 29 heavy (non-hydrogen) atoms. The summed E-state index contributed by atoms with van der Waals surface area (Å²) in [7, 11) is 3.43. The summed E-state index contributed by atoms with van der Waals surface area (Å²) in [6, 6.07) is -0.878. The summed E-state index contributed by atoms with van der Waals surface area (Å²) in [5.41, 5.74) is 0. The minimum atomic E-state index is -2.50. The van der Waals surface area contributed by atoms with Crippen molar-refractivity contribution in [1.29, 1.82) is 0 Å². The van der Waals surface area contributed by atoms with Gasteiger partial charge in [-0.25, -0.2) is 4.79 Å². The Morgan fingerprint density at radius 2 is 1.97 bits per heavy atom. The number of aliphatic hydroxyl groups is 6. The number of carboxylic acid groups (broad SMARTS) is 1. The van der Waals surface area contributed by atoms with Gasteiger partial charge in [0, 0.05) is 15.9 Å². The third-order valence-corrected chi connectivity index (χ3v) is 5.41. The van der Waals surface area contributed by atoms with E-state index in [9.17, 15) is 35.4 Å².